The smallest absolute Gasteiger partial charge is 0.231 e. The average Bonchev–Trinajstić information content (AvgIpc) is 3.30. The predicted molar refractivity (Wildman–Crippen MR) is 94.1 cm³/mol. The molecule has 3 heterocycles. The molecule has 1 aromatic heterocycles. The van der Waals surface area contributed by atoms with E-state index < -0.39 is 0 Å². The summed E-state index contributed by atoms with van der Waals surface area (Å²) in [5, 5.41) is 12.9. The van der Waals surface area contributed by atoms with Crippen molar-refractivity contribution in [2.24, 2.45) is 0 Å². The Labute approximate surface area is 146 Å². The Kier molecular flexibility index (Phi) is 4.31. The molecule has 0 radical (unpaired) electrons. The SMILES string of the molecule is C[C@@H](Nc1cc(N2CCC[C@H]2CO)ncn1)c1ccc2c(c1)OCO2. The molecule has 0 amide bonds. The first-order valence-electron chi connectivity index (χ1n) is 8.60. The highest BCUT2D eigenvalue weighted by Crippen LogP contribution is 2.35. The number of anilines is 2. The fourth-order valence-corrected chi connectivity index (χ4v) is 3.40. The minimum absolute atomic E-state index is 0.0597. The van der Waals surface area contributed by atoms with Crippen LogP contribution in [0.5, 0.6) is 11.5 Å². The maximum Gasteiger partial charge on any atom is 0.231 e. The van der Waals surface area contributed by atoms with Gasteiger partial charge in [-0.25, -0.2) is 9.97 Å². The van der Waals surface area contributed by atoms with Gasteiger partial charge in [-0.1, -0.05) is 6.07 Å². The number of hydrogen-bond donors (Lipinski definition) is 2. The second-order valence-corrected chi connectivity index (χ2v) is 6.41. The molecule has 0 aliphatic carbocycles. The van der Waals surface area contributed by atoms with E-state index in [1.165, 1.54) is 0 Å². The van der Waals surface area contributed by atoms with Crippen LogP contribution in [0, 0.1) is 0 Å². The molecular weight excluding hydrogens is 320 g/mol. The van der Waals surface area contributed by atoms with Crippen molar-refractivity contribution in [3.63, 3.8) is 0 Å². The molecule has 0 unspecified atom stereocenters. The van der Waals surface area contributed by atoms with Gasteiger partial charge < -0.3 is 24.8 Å². The van der Waals surface area contributed by atoms with Gasteiger partial charge in [-0.2, -0.15) is 0 Å². The van der Waals surface area contributed by atoms with Crippen LogP contribution in [-0.2, 0) is 0 Å². The standard InChI is InChI=1S/C18H22N4O3/c1-12(13-4-5-15-16(7-13)25-11-24-15)21-17-8-18(20-10-19-17)22-6-2-3-14(22)9-23/h4-5,7-8,10,12,14,23H,2-3,6,9,11H2,1H3,(H,19,20,21)/t12-,14+/m1/s1. The van der Waals surface area contributed by atoms with Crippen molar-refractivity contribution in [3.8, 4) is 11.5 Å². The molecule has 0 saturated carbocycles. The number of nitrogens with zero attached hydrogens (tertiary/aromatic N) is 3. The van der Waals surface area contributed by atoms with E-state index in [0.29, 0.717) is 0 Å². The zero-order valence-electron chi connectivity index (χ0n) is 14.2. The van der Waals surface area contributed by atoms with Gasteiger partial charge in [-0.05, 0) is 37.5 Å². The van der Waals surface area contributed by atoms with Gasteiger partial charge in [0.05, 0.1) is 18.7 Å². The van der Waals surface area contributed by atoms with Crippen LogP contribution in [0.15, 0.2) is 30.6 Å². The number of aliphatic hydroxyl groups excluding tert-OH is 1. The van der Waals surface area contributed by atoms with Crippen molar-refractivity contribution in [2.75, 3.05) is 30.2 Å². The summed E-state index contributed by atoms with van der Waals surface area (Å²) in [5.74, 6) is 3.17. The Morgan fingerprint density at radius 2 is 2.16 bits per heavy atom. The molecule has 1 fully saturated rings. The molecule has 2 N–H and O–H groups in total. The summed E-state index contributed by atoms with van der Waals surface area (Å²) in [6.45, 7) is 3.42. The summed E-state index contributed by atoms with van der Waals surface area (Å²) in [5.41, 5.74) is 1.10. The highest BCUT2D eigenvalue weighted by Gasteiger charge is 2.25. The summed E-state index contributed by atoms with van der Waals surface area (Å²) < 4.78 is 10.8. The summed E-state index contributed by atoms with van der Waals surface area (Å²) in [4.78, 5) is 10.9. The lowest BCUT2D eigenvalue weighted by atomic mass is 10.1. The summed E-state index contributed by atoms with van der Waals surface area (Å²) in [7, 11) is 0. The van der Waals surface area contributed by atoms with Gasteiger partial charge in [0.25, 0.3) is 0 Å². The molecule has 1 aromatic carbocycles. The Morgan fingerprint density at radius 3 is 3.04 bits per heavy atom. The summed E-state index contributed by atoms with van der Waals surface area (Å²) in [6.07, 6.45) is 3.64. The van der Waals surface area contributed by atoms with Crippen molar-refractivity contribution in [3.05, 3.63) is 36.2 Å². The Hall–Kier alpha value is -2.54. The number of aromatic nitrogens is 2. The number of ether oxygens (including phenoxy) is 2. The molecule has 132 valence electrons. The summed E-state index contributed by atoms with van der Waals surface area (Å²) in [6, 6.07) is 8.09. The quantitative estimate of drug-likeness (QED) is 0.863. The maximum atomic E-state index is 9.52. The van der Waals surface area contributed by atoms with Crippen molar-refractivity contribution in [2.45, 2.75) is 31.8 Å². The second kappa shape index (κ2) is 6.76. The number of fused-ring (bicyclic) bond motifs is 1. The van der Waals surface area contributed by atoms with Gasteiger partial charge in [0, 0.05) is 12.6 Å². The van der Waals surface area contributed by atoms with E-state index in [1.807, 2.05) is 24.3 Å². The van der Waals surface area contributed by atoms with Gasteiger partial charge in [0.15, 0.2) is 11.5 Å². The Balaban J connectivity index is 1.50. The van der Waals surface area contributed by atoms with Crippen molar-refractivity contribution >= 4 is 11.6 Å². The van der Waals surface area contributed by atoms with E-state index >= 15 is 0 Å². The molecular formula is C18H22N4O3. The molecule has 0 bridgehead atoms. The van der Waals surface area contributed by atoms with Crippen molar-refractivity contribution < 1.29 is 14.6 Å². The number of aliphatic hydroxyl groups is 1. The van der Waals surface area contributed by atoms with E-state index in [1.54, 1.807) is 6.33 Å². The number of nitrogens with one attached hydrogen (secondary N) is 1. The zero-order valence-corrected chi connectivity index (χ0v) is 14.2. The Bertz CT molecular complexity index is 755. The average molecular weight is 342 g/mol. The topological polar surface area (TPSA) is 79.7 Å². The third-order valence-electron chi connectivity index (χ3n) is 4.80. The third-order valence-corrected chi connectivity index (χ3v) is 4.80. The lowest BCUT2D eigenvalue weighted by Crippen LogP contribution is -2.32. The van der Waals surface area contributed by atoms with E-state index in [9.17, 15) is 5.11 Å². The lowest BCUT2D eigenvalue weighted by Gasteiger charge is -2.24. The summed E-state index contributed by atoms with van der Waals surface area (Å²) >= 11 is 0. The molecule has 25 heavy (non-hydrogen) atoms. The molecule has 7 nitrogen and oxygen atoms in total. The molecule has 7 heteroatoms. The first-order chi connectivity index (χ1) is 12.2. The third kappa shape index (κ3) is 3.19. The number of hydrogen-bond acceptors (Lipinski definition) is 7. The van der Waals surface area contributed by atoms with Gasteiger partial charge in [0.1, 0.15) is 18.0 Å². The van der Waals surface area contributed by atoms with E-state index in [-0.39, 0.29) is 25.5 Å². The van der Waals surface area contributed by atoms with E-state index in [0.717, 1.165) is 48.1 Å². The van der Waals surface area contributed by atoms with Crippen LogP contribution in [0.3, 0.4) is 0 Å². The van der Waals surface area contributed by atoms with Crippen LogP contribution in [0.25, 0.3) is 0 Å². The first-order valence-corrected chi connectivity index (χ1v) is 8.60. The highest BCUT2D eigenvalue weighted by molar-refractivity contribution is 5.52. The molecule has 1 saturated heterocycles. The molecule has 0 spiro atoms. The van der Waals surface area contributed by atoms with Gasteiger partial charge in [-0.3, -0.25) is 0 Å². The largest absolute Gasteiger partial charge is 0.454 e. The maximum absolute atomic E-state index is 9.52. The van der Waals surface area contributed by atoms with E-state index in [4.69, 9.17) is 9.47 Å². The van der Waals surface area contributed by atoms with Crippen LogP contribution in [-0.4, -0.2) is 41.1 Å². The lowest BCUT2D eigenvalue weighted by molar-refractivity contribution is 0.174. The Morgan fingerprint density at radius 1 is 1.28 bits per heavy atom. The van der Waals surface area contributed by atoms with Crippen LogP contribution < -0.4 is 19.7 Å². The molecule has 2 aliphatic heterocycles. The second-order valence-electron chi connectivity index (χ2n) is 6.41. The van der Waals surface area contributed by atoms with Crippen LogP contribution in [0.2, 0.25) is 0 Å². The monoisotopic (exact) mass is 342 g/mol. The van der Waals surface area contributed by atoms with Crippen molar-refractivity contribution in [1.82, 2.24) is 9.97 Å². The molecule has 4 rings (SSSR count). The fourth-order valence-electron chi connectivity index (χ4n) is 3.40. The fraction of sp³-hybridized carbons (Fsp3) is 0.444. The highest BCUT2D eigenvalue weighted by atomic mass is 16.7. The van der Waals surface area contributed by atoms with Gasteiger partial charge in [-0.15, -0.1) is 0 Å². The number of benzene rings is 1. The minimum atomic E-state index is 0.0597. The van der Waals surface area contributed by atoms with E-state index in [2.05, 4.69) is 27.1 Å². The molecule has 2 aromatic rings. The van der Waals surface area contributed by atoms with Gasteiger partial charge >= 0.3 is 0 Å². The van der Waals surface area contributed by atoms with Gasteiger partial charge in [0.2, 0.25) is 6.79 Å². The zero-order chi connectivity index (χ0) is 17.2. The van der Waals surface area contributed by atoms with Crippen LogP contribution in [0.1, 0.15) is 31.4 Å². The first kappa shape index (κ1) is 16.0. The number of rotatable bonds is 5. The minimum Gasteiger partial charge on any atom is -0.454 e. The predicted octanol–water partition coefficient (Wildman–Crippen LogP) is 2.34. The van der Waals surface area contributed by atoms with Crippen LogP contribution in [0.4, 0.5) is 11.6 Å². The normalized spacial score (nSPS) is 19.9. The van der Waals surface area contributed by atoms with Crippen LogP contribution >= 0.6 is 0 Å². The van der Waals surface area contributed by atoms with Crippen molar-refractivity contribution in [1.29, 1.82) is 0 Å². The molecule has 2 atom stereocenters. The molecule has 2 aliphatic rings.